The van der Waals surface area contributed by atoms with Gasteiger partial charge in [0.05, 0.1) is 18.8 Å². The number of hydrogen-bond donors (Lipinski definition) is 1. The van der Waals surface area contributed by atoms with Crippen LogP contribution >= 0.6 is 15.9 Å². The molecule has 4 nitrogen and oxygen atoms in total. The molecule has 0 saturated heterocycles. The minimum Gasteiger partial charge on any atom is -0.444 e. The van der Waals surface area contributed by atoms with Crippen LogP contribution in [0.15, 0.2) is 22.7 Å². The summed E-state index contributed by atoms with van der Waals surface area (Å²) in [6.45, 7) is 8.00. The molecule has 0 aromatic heterocycles. The average molecular weight is 342 g/mol. The summed E-state index contributed by atoms with van der Waals surface area (Å²) in [5.74, 6) is 0. The molecule has 2 atom stereocenters. The predicted octanol–water partition coefficient (Wildman–Crippen LogP) is 4.11. The lowest BCUT2D eigenvalue weighted by Crippen LogP contribution is -2.38. The maximum atomic E-state index is 11.9. The Balaban J connectivity index is 2.16. The lowest BCUT2D eigenvalue weighted by molar-refractivity contribution is 0.0200. The van der Waals surface area contributed by atoms with Crippen LogP contribution in [0.5, 0.6) is 0 Å². The van der Waals surface area contributed by atoms with E-state index < -0.39 is 11.7 Å². The van der Waals surface area contributed by atoms with Crippen LogP contribution in [0.2, 0.25) is 0 Å². The number of carbonyl (C=O) groups excluding carboxylic acids is 1. The maximum absolute atomic E-state index is 11.9. The zero-order chi connectivity index (χ0) is 14.9. The molecular formula is C15H20BrNO3. The highest BCUT2D eigenvalue weighted by atomic mass is 79.9. The summed E-state index contributed by atoms with van der Waals surface area (Å²) in [7, 11) is 0. The van der Waals surface area contributed by atoms with E-state index >= 15 is 0 Å². The third-order valence-corrected chi connectivity index (χ3v) is 3.56. The van der Waals surface area contributed by atoms with Gasteiger partial charge in [-0.25, -0.2) is 4.79 Å². The zero-order valence-corrected chi connectivity index (χ0v) is 13.8. The van der Waals surface area contributed by atoms with Crippen LogP contribution in [-0.2, 0) is 9.47 Å². The van der Waals surface area contributed by atoms with E-state index in [4.69, 9.17) is 9.47 Å². The SMILES string of the molecule is CC1OCC(NC(=O)OC(C)(C)C)c2ccc(Br)cc21. The first-order valence-corrected chi connectivity index (χ1v) is 7.46. The van der Waals surface area contributed by atoms with Crippen molar-refractivity contribution in [2.24, 2.45) is 0 Å². The second kappa shape index (κ2) is 5.74. The number of ether oxygens (including phenoxy) is 2. The third-order valence-electron chi connectivity index (χ3n) is 3.07. The molecule has 0 bridgehead atoms. The Morgan fingerprint density at radius 2 is 2.10 bits per heavy atom. The number of halogens is 1. The summed E-state index contributed by atoms with van der Waals surface area (Å²) in [5.41, 5.74) is 1.67. The first-order chi connectivity index (χ1) is 9.26. The van der Waals surface area contributed by atoms with Gasteiger partial charge < -0.3 is 14.8 Å². The fourth-order valence-electron chi connectivity index (χ4n) is 2.20. The molecule has 20 heavy (non-hydrogen) atoms. The number of benzene rings is 1. The number of fused-ring (bicyclic) bond motifs is 1. The first kappa shape index (κ1) is 15.3. The van der Waals surface area contributed by atoms with E-state index in [1.807, 2.05) is 45.9 Å². The van der Waals surface area contributed by atoms with Crippen LogP contribution in [0.25, 0.3) is 0 Å². The van der Waals surface area contributed by atoms with Crippen LogP contribution in [0, 0.1) is 0 Å². The highest BCUT2D eigenvalue weighted by molar-refractivity contribution is 9.10. The third kappa shape index (κ3) is 3.73. The molecular weight excluding hydrogens is 322 g/mol. The number of alkyl carbamates (subject to hydrolysis) is 1. The van der Waals surface area contributed by atoms with Crippen LogP contribution in [0.1, 0.15) is 51.0 Å². The van der Waals surface area contributed by atoms with Gasteiger partial charge in [-0.1, -0.05) is 22.0 Å². The van der Waals surface area contributed by atoms with E-state index in [1.165, 1.54) is 0 Å². The van der Waals surface area contributed by atoms with Gasteiger partial charge in [-0.2, -0.15) is 0 Å². The molecule has 0 spiro atoms. The minimum atomic E-state index is -0.505. The lowest BCUT2D eigenvalue weighted by Gasteiger charge is -2.31. The quantitative estimate of drug-likeness (QED) is 0.836. The van der Waals surface area contributed by atoms with Crippen LogP contribution in [-0.4, -0.2) is 18.3 Å². The fourth-order valence-corrected chi connectivity index (χ4v) is 2.58. The summed E-state index contributed by atoms with van der Waals surface area (Å²) in [6, 6.07) is 5.84. The standard InChI is InChI=1S/C15H20BrNO3/c1-9-12-7-10(16)5-6-11(12)13(8-19-9)17-14(18)20-15(2,3)4/h5-7,9,13H,8H2,1-4H3,(H,17,18). The van der Waals surface area contributed by atoms with Gasteiger partial charge in [-0.3, -0.25) is 0 Å². The Morgan fingerprint density at radius 1 is 1.40 bits per heavy atom. The second-order valence-corrected chi connectivity index (χ2v) is 6.86. The van der Waals surface area contributed by atoms with Crippen molar-refractivity contribution in [3.8, 4) is 0 Å². The van der Waals surface area contributed by atoms with Gasteiger partial charge in [0.25, 0.3) is 0 Å². The van der Waals surface area contributed by atoms with Crippen molar-refractivity contribution >= 4 is 22.0 Å². The average Bonchev–Trinajstić information content (AvgIpc) is 2.30. The van der Waals surface area contributed by atoms with Crippen molar-refractivity contribution in [2.75, 3.05) is 6.61 Å². The molecule has 1 N–H and O–H groups in total. The Kier molecular flexibility index (Phi) is 4.39. The van der Waals surface area contributed by atoms with Crippen molar-refractivity contribution in [1.29, 1.82) is 0 Å². The molecule has 1 aromatic carbocycles. The molecule has 5 heteroatoms. The van der Waals surface area contributed by atoms with Crippen LogP contribution in [0.4, 0.5) is 4.79 Å². The molecule has 1 aromatic rings. The summed E-state index contributed by atoms with van der Waals surface area (Å²) in [4.78, 5) is 11.9. The van der Waals surface area contributed by atoms with Gasteiger partial charge in [0, 0.05) is 4.47 Å². The van der Waals surface area contributed by atoms with E-state index in [9.17, 15) is 4.79 Å². The monoisotopic (exact) mass is 341 g/mol. The summed E-state index contributed by atoms with van der Waals surface area (Å²) >= 11 is 3.46. The number of nitrogens with one attached hydrogen (secondary N) is 1. The van der Waals surface area contributed by atoms with Gasteiger partial charge in [-0.15, -0.1) is 0 Å². The molecule has 2 unspecified atom stereocenters. The van der Waals surface area contributed by atoms with Crippen molar-refractivity contribution in [3.63, 3.8) is 0 Å². The second-order valence-electron chi connectivity index (χ2n) is 5.95. The minimum absolute atomic E-state index is 0.0270. The van der Waals surface area contributed by atoms with E-state index in [0.29, 0.717) is 6.61 Å². The smallest absolute Gasteiger partial charge is 0.408 e. The molecule has 0 fully saturated rings. The van der Waals surface area contributed by atoms with Gasteiger partial charge in [0.1, 0.15) is 5.60 Å². The van der Waals surface area contributed by atoms with Crippen molar-refractivity contribution in [2.45, 2.75) is 45.4 Å². The predicted molar refractivity (Wildman–Crippen MR) is 80.6 cm³/mol. The molecule has 0 aliphatic carbocycles. The number of hydrogen-bond acceptors (Lipinski definition) is 3. The highest BCUT2D eigenvalue weighted by Gasteiger charge is 2.28. The van der Waals surface area contributed by atoms with Crippen LogP contribution < -0.4 is 5.32 Å². The van der Waals surface area contributed by atoms with E-state index in [-0.39, 0.29) is 12.1 Å². The van der Waals surface area contributed by atoms with Crippen molar-refractivity contribution in [3.05, 3.63) is 33.8 Å². The van der Waals surface area contributed by atoms with Crippen LogP contribution in [0.3, 0.4) is 0 Å². The largest absolute Gasteiger partial charge is 0.444 e. The Bertz CT molecular complexity index is 510. The van der Waals surface area contributed by atoms with Crippen molar-refractivity contribution < 1.29 is 14.3 Å². The van der Waals surface area contributed by atoms with E-state index in [0.717, 1.165) is 15.6 Å². The summed E-state index contributed by atoms with van der Waals surface area (Å²) in [6.07, 6.45) is -0.395. The van der Waals surface area contributed by atoms with E-state index in [1.54, 1.807) is 0 Å². The maximum Gasteiger partial charge on any atom is 0.408 e. The molecule has 1 heterocycles. The number of rotatable bonds is 1. The van der Waals surface area contributed by atoms with Gasteiger partial charge >= 0.3 is 6.09 Å². The first-order valence-electron chi connectivity index (χ1n) is 6.67. The molecule has 110 valence electrons. The van der Waals surface area contributed by atoms with Gasteiger partial charge in [0.2, 0.25) is 0 Å². The van der Waals surface area contributed by atoms with Crippen molar-refractivity contribution in [1.82, 2.24) is 5.32 Å². The topological polar surface area (TPSA) is 47.6 Å². The Labute approximate surface area is 128 Å². The Hall–Kier alpha value is -1.07. The normalized spacial score (nSPS) is 22.1. The molecule has 1 amide bonds. The fraction of sp³-hybridized carbons (Fsp3) is 0.533. The molecule has 0 saturated carbocycles. The molecule has 1 aliphatic rings. The van der Waals surface area contributed by atoms with Gasteiger partial charge in [-0.05, 0) is 51.0 Å². The number of carbonyl (C=O) groups is 1. The molecule has 1 aliphatic heterocycles. The lowest BCUT2D eigenvalue weighted by atomic mass is 9.95. The van der Waals surface area contributed by atoms with E-state index in [2.05, 4.69) is 21.2 Å². The summed E-state index contributed by atoms with van der Waals surface area (Å²) in [5, 5.41) is 2.87. The molecule has 0 radical (unpaired) electrons. The highest BCUT2D eigenvalue weighted by Crippen LogP contribution is 2.34. The Morgan fingerprint density at radius 3 is 2.75 bits per heavy atom. The molecule has 2 rings (SSSR count). The van der Waals surface area contributed by atoms with Gasteiger partial charge in [0.15, 0.2) is 0 Å². The zero-order valence-electron chi connectivity index (χ0n) is 12.2. The summed E-state index contributed by atoms with van der Waals surface area (Å²) < 4.78 is 12.0. The number of amides is 1.